The van der Waals surface area contributed by atoms with Crippen LogP contribution in [0.1, 0.15) is 44.0 Å². The summed E-state index contributed by atoms with van der Waals surface area (Å²) in [6.07, 6.45) is -0.509. The number of benzene rings is 4. The Morgan fingerprint density at radius 1 is 0.694 bits per heavy atom. The molecule has 4 aromatic carbocycles. The lowest BCUT2D eigenvalue weighted by atomic mass is 10.1. The summed E-state index contributed by atoms with van der Waals surface area (Å²) < 4.78 is 33.3. The van der Waals surface area contributed by atoms with Gasteiger partial charge in [-0.15, -0.1) is 0 Å². The number of hydrogen-bond donors (Lipinski definition) is 1. The molecule has 5 aromatic rings. The Balaban J connectivity index is 1.35. The van der Waals surface area contributed by atoms with E-state index in [1.54, 1.807) is 50.6 Å². The third-order valence-electron chi connectivity index (χ3n) is 9.85. The van der Waals surface area contributed by atoms with E-state index in [0.717, 1.165) is 16.7 Å². The Morgan fingerprint density at radius 3 is 1.77 bits per heavy atom. The number of aromatic nitrogens is 2. The fraction of sp³-hybridized carbons (Fsp3) is 0.319. The number of carbonyl (C=O) groups is 4. The molecule has 15 heteroatoms. The van der Waals surface area contributed by atoms with Crippen LogP contribution in [0.25, 0.3) is 11.3 Å². The van der Waals surface area contributed by atoms with Crippen molar-refractivity contribution >= 4 is 35.5 Å². The molecule has 324 valence electrons. The summed E-state index contributed by atoms with van der Waals surface area (Å²) in [5.41, 5.74) is 3.62. The standard InChI is InChI=1S/C47H51N5O10/c1-57-26-22-51(23-27-58-2)43-41(37-18-20-38(21-19-37)46(55)61-32-35-14-8-4-9-15-35)49-44(52-24-28-59-29-25-52)42(50-43)45(54)48-39(47(56)62-33-36-16-10-5-11-17-36)30-40(53)60-31-34-12-6-3-7-13-34/h3-21,39H,22-33H2,1-2H3,(H,48,54)/t39-/m1/s1. The summed E-state index contributed by atoms with van der Waals surface area (Å²) in [6.45, 7) is 2.87. The Morgan fingerprint density at radius 2 is 1.23 bits per heavy atom. The average Bonchev–Trinajstić information content (AvgIpc) is 3.32. The number of methoxy groups -OCH3 is 2. The van der Waals surface area contributed by atoms with Crippen LogP contribution in [-0.4, -0.2) is 107 Å². The molecular weight excluding hydrogens is 795 g/mol. The lowest BCUT2D eigenvalue weighted by Crippen LogP contribution is -2.45. The number of anilines is 2. The second-order valence-electron chi connectivity index (χ2n) is 14.2. The molecule has 1 atom stereocenters. The van der Waals surface area contributed by atoms with Crippen LogP contribution in [0.15, 0.2) is 115 Å². The molecule has 0 saturated carbocycles. The molecule has 2 heterocycles. The zero-order chi connectivity index (χ0) is 43.5. The number of nitrogens with one attached hydrogen (secondary N) is 1. The maximum absolute atomic E-state index is 14.6. The van der Waals surface area contributed by atoms with Crippen LogP contribution in [0.4, 0.5) is 11.6 Å². The van der Waals surface area contributed by atoms with Gasteiger partial charge in [0.15, 0.2) is 17.3 Å². The van der Waals surface area contributed by atoms with Gasteiger partial charge >= 0.3 is 17.9 Å². The monoisotopic (exact) mass is 845 g/mol. The molecule has 6 rings (SSSR count). The van der Waals surface area contributed by atoms with E-state index in [1.165, 1.54) is 0 Å². The van der Waals surface area contributed by atoms with Gasteiger partial charge in [-0.1, -0.05) is 103 Å². The molecule has 0 spiro atoms. The topological polar surface area (TPSA) is 168 Å². The van der Waals surface area contributed by atoms with Crippen LogP contribution in [0, 0.1) is 0 Å². The number of hydrogen-bond acceptors (Lipinski definition) is 14. The number of rotatable bonds is 21. The van der Waals surface area contributed by atoms with Gasteiger partial charge in [-0.25, -0.2) is 19.6 Å². The Bertz CT molecular complexity index is 2200. The summed E-state index contributed by atoms with van der Waals surface area (Å²) >= 11 is 0. The van der Waals surface area contributed by atoms with Crippen molar-refractivity contribution in [1.82, 2.24) is 15.3 Å². The minimum absolute atomic E-state index is 0.0223. The van der Waals surface area contributed by atoms with Gasteiger partial charge in [0.05, 0.1) is 38.4 Å². The molecule has 0 unspecified atom stereocenters. The first kappa shape index (κ1) is 44.9. The van der Waals surface area contributed by atoms with Crippen molar-refractivity contribution in [3.05, 3.63) is 143 Å². The summed E-state index contributed by atoms with van der Waals surface area (Å²) in [4.78, 5) is 68.6. The van der Waals surface area contributed by atoms with E-state index in [2.05, 4.69) is 5.32 Å². The highest BCUT2D eigenvalue weighted by molar-refractivity contribution is 6.01. The molecule has 1 aliphatic rings. The Hall–Kier alpha value is -6.68. The predicted octanol–water partition coefficient (Wildman–Crippen LogP) is 5.41. The number of nitrogens with zero attached hydrogens (tertiary/aromatic N) is 4. The fourth-order valence-corrected chi connectivity index (χ4v) is 6.49. The van der Waals surface area contributed by atoms with Gasteiger partial charge in [0.2, 0.25) is 0 Å². The van der Waals surface area contributed by atoms with Crippen molar-refractivity contribution < 1.29 is 47.6 Å². The van der Waals surface area contributed by atoms with Crippen molar-refractivity contribution in [2.24, 2.45) is 0 Å². The van der Waals surface area contributed by atoms with Gasteiger partial charge in [-0.3, -0.25) is 9.59 Å². The van der Waals surface area contributed by atoms with Crippen molar-refractivity contribution in [3.8, 4) is 11.3 Å². The number of ether oxygens (including phenoxy) is 6. The molecule has 1 fully saturated rings. The molecule has 1 aliphatic heterocycles. The number of esters is 3. The summed E-state index contributed by atoms with van der Waals surface area (Å²) in [5, 5.41) is 2.74. The second kappa shape index (κ2) is 23.4. The fourth-order valence-electron chi connectivity index (χ4n) is 6.49. The van der Waals surface area contributed by atoms with Crippen molar-refractivity contribution in [2.45, 2.75) is 32.3 Å². The van der Waals surface area contributed by atoms with E-state index >= 15 is 0 Å². The second-order valence-corrected chi connectivity index (χ2v) is 14.2. The zero-order valence-electron chi connectivity index (χ0n) is 34.9. The van der Waals surface area contributed by atoms with E-state index in [4.69, 9.17) is 38.4 Å². The molecule has 0 bridgehead atoms. The molecule has 1 saturated heterocycles. The average molecular weight is 846 g/mol. The van der Waals surface area contributed by atoms with Crippen LogP contribution < -0.4 is 15.1 Å². The molecule has 1 amide bonds. The van der Waals surface area contributed by atoms with Gasteiger partial charge in [0.25, 0.3) is 5.91 Å². The van der Waals surface area contributed by atoms with Gasteiger partial charge in [0, 0.05) is 46.0 Å². The van der Waals surface area contributed by atoms with Crippen molar-refractivity contribution in [1.29, 1.82) is 0 Å². The molecule has 0 radical (unpaired) electrons. The van der Waals surface area contributed by atoms with Crippen LogP contribution in [0.2, 0.25) is 0 Å². The Labute approximate surface area is 360 Å². The first-order chi connectivity index (χ1) is 30.3. The van der Waals surface area contributed by atoms with Gasteiger partial charge < -0.3 is 43.5 Å². The van der Waals surface area contributed by atoms with E-state index in [9.17, 15) is 19.2 Å². The number of amides is 1. The predicted molar refractivity (Wildman–Crippen MR) is 230 cm³/mol. The van der Waals surface area contributed by atoms with Crippen molar-refractivity contribution in [3.63, 3.8) is 0 Å². The zero-order valence-corrected chi connectivity index (χ0v) is 34.9. The molecule has 15 nitrogen and oxygen atoms in total. The van der Waals surface area contributed by atoms with Gasteiger partial charge in [-0.05, 0) is 28.8 Å². The minimum Gasteiger partial charge on any atom is -0.461 e. The summed E-state index contributed by atoms with van der Waals surface area (Å²) in [7, 11) is 3.16. The van der Waals surface area contributed by atoms with E-state index in [-0.39, 0.29) is 31.3 Å². The lowest BCUT2D eigenvalue weighted by molar-refractivity contribution is -0.153. The molecule has 62 heavy (non-hydrogen) atoms. The number of morpholine rings is 1. The van der Waals surface area contributed by atoms with Crippen LogP contribution >= 0.6 is 0 Å². The highest BCUT2D eigenvalue weighted by Crippen LogP contribution is 2.33. The molecule has 1 N–H and O–H groups in total. The molecular formula is C47H51N5O10. The third-order valence-corrected chi connectivity index (χ3v) is 9.85. The first-order valence-corrected chi connectivity index (χ1v) is 20.3. The highest BCUT2D eigenvalue weighted by atomic mass is 16.5. The van der Waals surface area contributed by atoms with Crippen LogP contribution in [0.5, 0.6) is 0 Å². The quantitative estimate of drug-likeness (QED) is 0.0735. The number of carbonyl (C=O) groups excluding carboxylic acids is 4. The summed E-state index contributed by atoms with van der Waals surface area (Å²) in [6, 6.07) is 33.0. The molecule has 0 aliphatic carbocycles. The normalized spacial score (nSPS) is 12.8. The highest BCUT2D eigenvalue weighted by Gasteiger charge is 2.32. The van der Waals surface area contributed by atoms with E-state index in [1.807, 2.05) is 88.7 Å². The van der Waals surface area contributed by atoms with Crippen molar-refractivity contribution in [2.75, 3.05) is 76.6 Å². The molecule has 1 aromatic heterocycles. The Kier molecular flexibility index (Phi) is 16.9. The maximum atomic E-state index is 14.6. The largest absolute Gasteiger partial charge is 0.461 e. The van der Waals surface area contributed by atoms with Gasteiger partial charge in [-0.2, -0.15) is 0 Å². The smallest absolute Gasteiger partial charge is 0.338 e. The van der Waals surface area contributed by atoms with Crippen LogP contribution in [0.3, 0.4) is 0 Å². The van der Waals surface area contributed by atoms with E-state index < -0.39 is 36.3 Å². The van der Waals surface area contributed by atoms with Gasteiger partial charge in [0.1, 0.15) is 31.6 Å². The lowest BCUT2D eigenvalue weighted by Gasteiger charge is -2.31. The van der Waals surface area contributed by atoms with Crippen LogP contribution in [-0.2, 0) is 57.8 Å². The summed E-state index contributed by atoms with van der Waals surface area (Å²) in [5.74, 6) is -2.25. The first-order valence-electron chi connectivity index (χ1n) is 20.3. The maximum Gasteiger partial charge on any atom is 0.338 e. The third kappa shape index (κ3) is 12.9. The minimum atomic E-state index is -1.44. The van der Waals surface area contributed by atoms with E-state index in [0.29, 0.717) is 75.2 Å². The SMILES string of the molecule is COCCN(CCOC)c1nc(C(=O)N[C@H](CC(=O)OCc2ccccc2)C(=O)OCc2ccccc2)c(N2CCOCC2)nc1-c1ccc(C(=O)OCc2ccccc2)cc1.